The molecular formula is C28H30Cl2N2O3. The number of rotatable bonds is 9. The number of carbonyl (C=O) groups is 2. The van der Waals surface area contributed by atoms with E-state index >= 15 is 0 Å². The van der Waals surface area contributed by atoms with Crippen LogP contribution >= 0.6 is 23.2 Å². The third-order valence-electron chi connectivity index (χ3n) is 5.22. The van der Waals surface area contributed by atoms with E-state index in [1.54, 1.807) is 41.3 Å². The zero-order valence-corrected chi connectivity index (χ0v) is 21.6. The van der Waals surface area contributed by atoms with Gasteiger partial charge in [-0.05, 0) is 56.2 Å². The molecule has 0 bridgehead atoms. The highest BCUT2D eigenvalue weighted by atomic mass is 35.5. The van der Waals surface area contributed by atoms with Crippen LogP contribution in [0.15, 0.2) is 78.9 Å². The lowest BCUT2D eigenvalue weighted by Gasteiger charge is -2.33. The lowest BCUT2D eigenvalue weighted by Crippen LogP contribution is -2.55. The first-order chi connectivity index (χ1) is 16.6. The van der Waals surface area contributed by atoms with Crippen LogP contribution in [0.3, 0.4) is 0 Å². The highest BCUT2D eigenvalue weighted by molar-refractivity contribution is 6.32. The predicted octanol–water partition coefficient (Wildman–Crippen LogP) is 5.93. The molecule has 1 atom stereocenters. The van der Waals surface area contributed by atoms with E-state index in [9.17, 15) is 9.59 Å². The quantitative estimate of drug-likeness (QED) is 0.386. The van der Waals surface area contributed by atoms with E-state index in [0.717, 1.165) is 11.1 Å². The SMILES string of the molecule is CC(C)(C)NC(=O)[C@H](Cc1ccccc1)N(Cc1ccc(Cl)cc1)C(=O)COc1ccccc1Cl. The molecule has 3 rings (SSSR count). The number of halogens is 2. The van der Waals surface area contributed by atoms with Gasteiger partial charge in [-0.1, -0.05) is 77.8 Å². The average Bonchev–Trinajstić information content (AvgIpc) is 2.81. The van der Waals surface area contributed by atoms with Crippen molar-refractivity contribution < 1.29 is 14.3 Å². The number of nitrogens with one attached hydrogen (secondary N) is 1. The largest absolute Gasteiger partial charge is 0.482 e. The van der Waals surface area contributed by atoms with Gasteiger partial charge in [0.15, 0.2) is 6.61 Å². The maximum atomic E-state index is 13.6. The van der Waals surface area contributed by atoms with Gasteiger partial charge in [0.1, 0.15) is 11.8 Å². The van der Waals surface area contributed by atoms with Crippen molar-refractivity contribution in [2.24, 2.45) is 0 Å². The van der Waals surface area contributed by atoms with Gasteiger partial charge in [-0.25, -0.2) is 0 Å². The highest BCUT2D eigenvalue weighted by Gasteiger charge is 2.32. The molecule has 0 saturated carbocycles. The summed E-state index contributed by atoms with van der Waals surface area (Å²) in [6, 6.07) is 23.1. The molecule has 0 aliphatic heterocycles. The molecule has 0 aromatic heterocycles. The van der Waals surface area contributed by atoms with Gasteiger partial charge in [-0.15, -0.1) is 0 Å². The zero-order chi connectivity index (χ0) is 25.4. The molecule has 7 heteroatoms. The Balaban J connectivity index is 1.93. The summed E-state index contributed by atoms with van der Waals surface area (Å²) < 4.78 is 5.74. The third-order valence-corrected chi connectivity index (χ3v) is 5.79. The van der Waals surface area contributed by atoms with Crippen molar-refractivity contribution in [3.05, 3.63) is 100 Å². The lowest BCUT2D eigenvalue weighted by atomic mass is 10.0. The minimum absolute atomic E-state index is 0.219. The normalized spacial score (nSPS) is 12.0. The molecule has 0 heterocycles. The first-order valence-corrected chi connectivity index (χ1v) is 12.1. The standard InChI is InChI=1S/C28H30Cl2N2O3/c1-28(2,3)31-27(34)24(17-20-9-5-4-6-10-20)32(18-21-13-15-22(29)16-14-21)26(33)19-35-25-12-8-7-11-23(25)30/h4-16,24H,17-19H2,1-3H3,(H,31,34)/t24-/m0/s1. The van der Waals surface area contributed by atoms with Crippen molar-refractivity contribution in [3.63, 3.8) is 0 Å². The smallest absolute Gasteiger partial charge is 0.261 e. The highest BCUT2D eigenvalue weighted by Crippen LogP contribution is 2.24. The Bertz CT molecular complexity index is 1130. The van der Waals surface area contributed by atoms with Gasteiger partial charge in [0, 0.05) is 23.5 Å². The maximum absolute atomic E-state index is 13.6. The number of amides is 2. The number of benzene rings is 3. The molecule has 3 aromatic carbocycles. The van der Waals surface area contributed by atoms with Crippen LogP contribution in [0.25, 0.3) is 0 Å². The summed E-state index contributed by atoms with van der Waals surface area (Å²) in [5, 5.41) is 4.05. The van der Waals surface area contributed by atoms with E-state index in [1.165, 1.54) is 0 Å². The number of nitrogens with zero attached hydrogens (tertiary/aromatic N) is 1. The van der Waals surface area contributed by atoms with Gasteiger partial charge in [-0.2, -0.15) is 0 Å². The molecule has 5 nitrogen and oxygen atoms in total. The van der Waals surface area contributed by atoms with Crippen molar-refractivity contribution in [1.29, 1.82) is 0 Å². The molecule has 0 saturated heterocycles. The van der Waals surface area contributed by atoms with Crippen LogP contribution < -0.4 is 10.1 Å². The molecule has 3 aromatic rings. The number of para-hydroxylation sites is 1. The Hall–Kier alpha value is -3.02. The van der Waals surface area contributed by atoms with Gasteiger partial charge in [0.2, 0.25) is 5.91 Å². The molecule has 0 radical (unpaired) electrons. The van der Waals surface area contributed by atoms with Crippen LogP contribution in [0.1, 0.15) is 31.9 Å². The second-order valence-electron chi connectivity index (χ2n) is 9.31. The van der Waals surface area contributed by atoms with Crippen molar-refractivity contribution in [3.8, 4) is 5.75 Å². The van der Waals surface area contributed by atoms with Crippen LogP contribution in [-0.4, -0.2) is 34.9 Å². The minimum Gasteiger partial charge on any atom is -0.482 e. The Labute approximate surface area is 217 Å². The van der Waals surface area contributed by atoms with Gasteiger partial charge in [-0.3, -0.25) is 9.59 Å². The molecule has 2 amide bonds. The van der Waals surface area contributed by atoms with Gasteiger partial charge in [0.25, 0.3) is 5.91 Å². The third kappa shape index (κ3) is 8.30. The van der Waals surface area contributed by atoms with Crippen LogP contribution in [-0.2, 0) is 22.6 Å². The molecular weight excluding hydrogens is 483 g/mol. The van der Waals surface area contributed by atoms with E-state index in [2.05, 4.69) is 5.32 Å². The van der Waals surface area contributed by atoms with Crippen LogP contribution in [0, 0.1) is 0 Å². The fraction of sp³-hybridized carbons (Fsp3) is 0.286. The molecule has 184 valence electrons. The molecule has 1 N–H and O–H groups in total. The monoisotopic (exact) mass is 512 g/mol. The number of carbonyl (C=O) groups excluding carboxylic acids is 2. The Morgan fingerprint density at radius 2 is 1.51 bits per heavy atom. The van der Waals surface area contributed by atoms with E-state index in [1.807, 2.05) is 63.2 Å². The first kappa shape index (κ1) is 26.6. The molecule has 35 heavy (non-hydrogen) atoms. The summed E-state index contributed by atoms with van der Waals surface area (Å²) in [5.74, 6) is -0.154. The molecule has 0 aliphatic carbocycles. The summed E-state index contributed by atoms with van der Waals surface area (Å²) in [6.07, 6.45) is 0.355. The summed E-state index contributed by atoms with van der Waals surface area (Å²) >= 11 is 12.3. The second-order valence-corrected chi connectivity index (χ2v) is 10.2. The fourth-order valence-corrected chi connectivity index (χ4v) is 3.89. The zero-order valence-electron chi connectivity index (χ0n) is 20.1. The van der Waals surface area contributed by atoms with Crippen molar-refractivity contribution in [2.75, 3.05) is 6.61 Å². The summed E-state index contributed by atoms with van der Waals surface area (Å²) in [7, 11) is 0. The van der Waals surface area contributed by atoms with Crippen molar-refractivity contribution >= 4 is 35.0 Å². The molecule has 0 unspecified atom stereocenters. The van der Waals surface area contributed by atoms with Crippen LogP contribution in [0.4, 0.5) is 0 Å². The molecule has 0 aliphatic rings. The Kier molecular flexibility index (Phi) is 9.19. The summed E-state index contributed by atoms with van der Waals surface area (Å²) in [6.45, 7) is 5.70. The fourth-order valence-electron chi connectivity index (χ4n) is 3.58. The van der Waals surface area contributed by atoms with Gasteiger partial charge < -0.3 is 15.0 Å². The first-order valence-electron chi connectivity index (χ1n) is 11.4. The average molecular weight is 513 g/mol. The van der Waals surface area contributed by atoms with Gasteiger partial charge >= 0.3 is 0 Å². The maximum Gasteiger partial charge on any atom is 0.261 e. The predicted molar refractivity (Wildman–Crippen MR) is 141 cm³/mol. The number of hydrogen-bond acceptors (Lipinski definition) is 3. The van der Waals surface area contributed by atoms with E-state index < -0.39 is 11.6 Å². The summed E-state index contributed by atoms with van der Waals surface area (Å²) in [5.41, 5.74) is 1.33. The van der Waals surface area contributed by atoms with E-state index in [4.69, 9.17) is 27.9 Å². The van der Waals surface area contributed by atoms with Crippen LogP contribution in [0.2, 0.25) is 10.0 Å². The van der Waals surface area contributed by atoms with Crippen LogP contribution in [0.5, 0.6) is 5.75 Å². The second kappa shape index (κ2) is 12.1. The van der Waals surface area contributed by atoms with Crippen molar-refractivity contribution in [2.45, 2.75) is 45.3 Å². The summed E-state index contributed by atoms with van der Waals surface area (Å²) in [4.78, 5) is 28.6. The Morgan fingerprint density at radius 1 is 0.886 bits per heavy atom. The van der Waals surface area contributed by atoms with Crippen molar-refractivity contribution in [1.82, 2.24) is 10.2 Å². The molecule has 0 fully saturated rings. The molecule has 0 spiro atoms. The van der Waals surface area contributed by atoms with E-state index in [-0.39, 0.29) is 25.0 Å². The Morgan fingerprint density at radius 3 is 2.14 bits per heavy atom. The van der Waals surface area contributed by atoms with E-state index in [0.29, 0.717) is 22.2 Å². The van der Waals surface area contributed by atoms with Gasteiger partial charge in [0.05, 0.1) is 5.02 Å². The number of hydrogen-bond donors (Lipinski definition) is 1. The lowest BCUT2D eigenvalue weighted by molar-refractivity contribution is -0.143. The minimum atomic E-state index is -0.755. The number of ether oxygens (including phenoxy) is 1. The topological polar surface area (TPSA) is 58.6 Å².